The van der Waals surface area contributed by atoms with Gasteiger partial charge in [0.05, 0.1) is 24.2 Å². The standard InChI is InChI=1S/C12H10FN3O2/c13-10-7-9(16-5-6-18-12(16)17)1-2-11(10)15-4-3-14-8-15/h1-4,7-8H,5-6H2. The summed E-state index contributed by atoms with van der Waals surface area (Å²) in [5.41, 5.74) is 0.891. The first-order valence-electron chi connectivity index (χ1n) is 5.48. The van der Waals surface area contributed by atoms with E-state index < -0.39 is 11.9 Å². The van der Waals surface area contributed by atoms with Crippen LogP contribution in [0, 0.1) is 5.82 Å². The van der Waals surface area contributed by atoms with Crippen molar-refractivity contribution in [3.05, 3.63) is 42.7 Å². The third kappa shape index (κ3) is 1.71. The Bertz CT molecular complexity index is 583. The molecular formula is C12H10FN3O2. The lowest BCUT2D eigenvalue weighted by Crippen LogP contribution is -2.23. The molecule has 1 fully saturated rings. The van der Waals surface area contributed by atoms with Gasteiger partial charge in [0, 0.05) is 12.4 Å². The highest BCUT2D eigenvalue weighted by atomic mass is 19.1. The van der Waals surface area contributed by atoms with Crippen LogP contribution in [0.4, 0.5) is 14.9 Å². The van der Waals surface area contributed by atoms with Crippen LogP contribution in [-0.4, -0.2) is 28.8 Å². The maximum atomic E-state index is 14.0. The Labute approximate surface area is 102 Å². The van der Waals surface area contributed by atoms with Crippen molar-refractivity contribution >= 4 is 11.8 Å². The monoisotopic (exact) mass is 247 g/mol. The van der Waals surface area contributed by atoms with Crippen molar-refractivity contribution in [2.45, 2.75) is 0 Å². The molecule has 0 radical (unpaired) electrons. The molecule has 0 saturated carbocycles. The fourth-order valence-corrected chi connectivity index (χ4v) is 1.90. The molecule has 1 aliphatic rings. The number of benzene rings is 1. The Morgan fingerprint density at radius 1 is 1.39 bits per heavy atom. The van der Waals surface area contributed by atoms with E-state index in [1.807, 2.05) is 0 Å². The van der Waals surface area contributed by atoms with Crippen LogP contribution in [0.1, 0.15) is 0 Å². The van der Waals surface area contributed by atoms with E-state index in [4.69, 9.17) is 4.74 Å². The van der Waals surface area contributed by atoms with Crippen molar-refractivity contribution < 1.29 is 13.9 Å². The van der Waals surface area contributed by atoms with Gasteiger partial charge in [-0.2, -0.15) is 0 Å². The normalized spacial score (nSPS) is 14.9. The quantitative estimate of drug-likeness (QED) is 0.815. The number of anilines is 1. The van der Waals surface area contributed by atoms with Crippen LogP contribution < -0.4 is 4.90 Å². The molecule has 92 valence electrons. The molecule has 2 heterocycles. The number of carbonyl (C=O) groups excluding carboxylic acids is 1. The number of carbonyl (C=O) groups is 1. The number of halogens is 1. The van der Waals surface area contributed by atoms with Crippen LogP contribution >= 0.6 is 0 Å². The smallest absolute Gasteiger partial charge is 0.414 e. The highest BCUT2D eigenvalue weighted by molar-refractivity contribution is 5.89. The zero-order valence-corrected chi connectivity index (χ0v) is 9.41. The fraction of sp³-hybridized carbons (Fsp3) is 0.167. The van der Waals surface area contributed by atoms with Gasteiger partial charge >= 0.3 is 6.09 Å². The zero-order valence-electron chi connectivity index (χ0n) is 9.41. The lowest BCUT2D eigenvalue weighted by atomic mass is 10.2. The summed E-state index contributed by atoms with van der Waals surface area (Å²) in [4.78, 5) is 16.6. The minimum Gasteiger partial charge on any atom is -0.447 e. The van der Waals surface area contributed by atoms with Gasteiger partial charge < -0.3 is 9.30 Å². The van der Waals surface area contributed by atoms with E-state index in [0.717, 1.165) is 0 Å². The molecule has 3 rings (SSSR count). The number of rotatable bonds is 2. The molecule has 0 atom stereocenters. The molecule has 2 aromatic rings. The first kappa shape index (κ1) is 10.8. The largest absolute Gasteiger partial charge is 0.447 e. The number of hydrogen-bond donors (Lipinski definition) is 0. The Morgan fingerprint density at radius 3 is 2.89 bits per heavy atom. The predicted molar refractivity (Wildman–Crippen MR) is 62.2 cm³/mol. The summed E-state index contributed by atoms with van der Waals surface area (Å²) in [6, 6.07) is 4.62. The summed E-state index contributed by atoms with van der Waals surface area (Å²) in [7, 11) is 0. The minimum atomic E-state index is -0.440. The Balaban J connectivity index is 1.96. The maximum absolute atomic E-state index is 14.0. The van der Waals surface area contributed by atoms with Crippen molar-refractivity contribution in [1.29, 1.82) is 0 Å². The number of hydrogen-bond acceptors (Lipinski definition) is 3. The van der Waals surface area contributed by atoms with Crippen LogP contribution in [0.5, 0.6) is 0 Å². The van der Waals surface area contributed by atoms with Crippen LogP contribution in [-0.2, 0) is 4.74 Å². The number of aromatic nitrogens is 2. The second-order valence-electron chi connectivity index (χ2n) is 3.87. The third-order valence-corrected chi connectivity index (χ3v) is 2.79. The van der Waals surface area contributed by atoms with Crippen LogP contribution in [0.2, 0.25) is 0 Å². The van der Waals surface area contributed by atoms with Gasteiger partial charge in [0.1, 0.15) is 12.4 Å². The molecule has 0 aliphatic carbocycles. The number of cyclic esters (lactones) is 1. The molecule has 1 aliphatic heterocycles. The van der Waals surface area contributed by atoms with Gasteiger partial charge in [-0.25, -0.2) is 14.2 Å². The van der Waals surface area contributed by atoms with E-state index in [1.54, 1.807) is 29.1 Å². The molecule has 0 bridgehead atoms. The van der Waals surface area contributed by atoms with Gasteiger partial charge in [-0.15, -0.1) is 0 Å². The fourth-order valence-electron chi connectivity index (χ4n) is 1.90. The average Bonchev–Trinajstić information content (AvgIpc) is 2.99. The summed E-state index contributed by atoms with van der Waals surface area (Å²) in [5.74, 6) is -0.412. The van der Waals surface area contributed by atoms with E-state index in [2.05, 4.69) is 4.98 Å². The number of nitrogens with zero attached hydrogens (tertiary/aromatic N) is 3. The van der Waals surface area contributed by atoms with Gasteiger partial charge in [-0.1, -0.05) is 0 Å². The van der Waals surface area contributed by atoms with Crippen molar-refractivity contribution in [3.8, 4) is 5.69 Å². The molecule has 0 spiro atoms. The van der Waals surface area contributed by atoms with Crippen molar-refractivity contribution in [1.82, 2.24) is 9.55 Å². The summed E-state index contributed by atoms with van der Waals surface area (Å²) in [6.07, 6.45) is 4.31. The number of amides is 1. The van der Waals surface area contributed by atoms with Gasteiger partial charge in [0.25, 0.3) is 0 Å². The first-order chi connectivity index (χ1) is 8.75. The van der Waals surface area contributed by atoms with Gasteiger partial charge in [0.2, 0.25) is 0 Å². The lowest BCUT2D eigenvalue weighted by Gasteiger charge is -2.14. The minimum absolute atomic E-state index is 0.337. The molecular weight excluding hydrogens is 237 g/mol. The maximum Gasteiger partial charge on any atom is 0.414 e. The second kappa shape index (κ2) is 4.14. The van der Waals surface area contributed by atoms with E-state index in [0.29, 0.717) is 24.5 Å². The third-order valence-electron chi connectivity index (χ3n) is 2.79. The Kier molecular flexibility index (Phi) is 2.47. The molecule has 1 aromatic heterocycles. The van der Waals surface area contributed by atoms with E-state index in [1.165, 1.54) is 17.3 Å². The molecule has 1 aromatic carbocycles. The van der Waals surface area contributed by atoms with Gasteiger partial charge in [-0.05, 0) is 18.2 Å². The number of imidazole rings is 1. The predicted octanol–water partition coefficient (Wildman–Crippen LogP) is 1.97. The summed E-state index contributed by atoms with van der Waals surface area (Å²) < 4.78 is 20.3. The van der Waals surface area contributed by atoms with E-state index >= 15 is 0 Å². The average molecular weight is 247 g/mol. The summed E-state index contributed by atoms with van der Waals surface area (Å²) in [5, 5.41) is 0. The van der Waals surface area contributed by atoms with Crippen molar-refractivity contribution in [3.63, 3.8) is 0 Å². The summed E-state index contributed by atoms with van der Waals surface area (Å²) in [6.45, 7) is 0.784. The van der Waals surface area contributed by atoms with Crippen molar-refractivity contribution in [2.75, 3.05) is 18.1 Å². The molecule has 0 unspecified atom stereocenters. The second-order valence-corrected chi connectivity index (χ2v) is 3.87. The van der Waals surface area contributed by atoms with Crippen LogP contribution in [0.25, 0.3) is 5.69 Å². The van der Waals surface area contributed by atoms with Gasteiger partial charge in [0.15, 0.2) is 0 Å². The highest BCUT2D eigenvalue weighted by Gasteiger charge is 2.24. The molecule has 1 amide bonds. The van der Waals surface area contributed by atoms with E-state index in [9.17, 15) is 9.18 Å². The Morgan fingerprint density at radius 2 is 2.28 bits per heavy atom. The highest BCUT2D eigenvalue weighted by Crippen LogP contribution is 2.23. The molecule has 6 heteroatoms. The molecule has 1 saturated heterocycles. The van der Waals surface area contributed by atoms with Crippen LogP contribution in [0.15, 0.2) is 36.9 Å². The van der Waals surface area contributed by atoms with Crippen LogP contribution in [0.3, 0.4) is 0 Å². The SMILES string of the molecule is O=C1OCCN1c1ccc(-n2ccnc2)c(F)c1. The number of ether oxygens (including phenoxy) is 1. The summed E-state index contributed by atoms with van der Waals surface area (Å²) >= 11 is 0. The lowest BCUT2D eigenvalue weighted by molar-refractivity contribution is 0.181. The molecule has 0 N–H and O–H groups in total. The zero-order chi connectivity index (χ0) is 12.5. The topological polar surface area (TPSA) is 47.4 Å². The Hall–Kier alpha value is -2.37. The van der Waals surface area contributed by atoms with Crippen molar-refractivity contribution in [2.24, 2.45) is 0 Å². The van der Waals surface area contributed by atoms with Gasteiger partial charge in [-0.3, -0.25) is 4.90 Å². The first-order valence-corrected chi connectivity index (χ1v) is 5.48. The molecule has 5 nitrogen and oxygen atoms in total. The van der Waals surface area contributed by atoms with E-state index in [-0.39, 0.29) is 0 Å². The molecule has 18 heavy (non-hydrogen) atoms.